The van der Waals surface area contributed by atoms with Gasteiger partial charge in [-0.1, -0.05) is 0 Å². The van der Waals surface area contributed by atoms with Gasteiger partial charge in [0.15, 0.2) is 0 Å². The molecule has 0 radical (unpaired) electrons. The Kier molecular flexibility index (Phi) is 4.37. The molecule has 0 unspecified atom stereocenters. The molecule has 6 nitrogen and oxygen atoms in total. The van der Waals surface area contributed by atoms with Crippen LogP contribution in [-0.4, -0.2) is 53.6 Å². The maximum absolute atomic E-state index is 10.2. The van der Waals surface area contributed by atoms with Crippen molar-refractivity contribution < 1.29 is 14.6 Å². The number of benzene rings is 1. The van der Waals surface area contributed by atoms with E-state index in [1.165, 1.54) is 0 Å². The monoisotopic (exact) mass is 317 g/mol. The summed E-state index contributed by atoms with van der Waals surface area (Å²) in [6.07, 6.45) is -0.652. The van der Waals surface area contributed by atoms with Crippen LogP contribution < -0.4 is 9.64 Å². The lowest BCUT2D eigenvalue weighted by atomic mass is 10.2. The van der Waals surface area contributed by atoms with Gasteiger partial charge in [-0.15, -0.1) is 0 Å². The summed E-state index contributed by atoms with van der Waals surface area (Å²) < 4.78 is 11.0. The molecule has 0 aliphatic carbocycles. The quantitative estimate of drug-likeness (QED) is 0.929. The summed E-state index contributed by atoms with van der Waals surface area (Å²) in [7, 11) is 1.64. The molecule has 6 heteroatoms. The Hall–Kier alpha value is -1.92. The maximum Gasteiger partial charge on any atom is 0.226 e. The Morgan fingerprint density at radius 2 is 2.04 bits per heavy atom. The molecule has 1 aromatic heterocycles. The molecule has 124 valence electrons. The van der Waals surface area contributed by atoms with Crippen molar-refractivity contribution in [3.8, 4) is 5.75 Å². The lowest BCUT2D eigenvalue weighted by Gasteiger charge is -2.18. The highest BCUT2D eigenvalue weighted by atomic mass is 16.5. The van der Waals surface area contributed by atoms with E-state index in [1.807, 2.05) is 43.9 Å². The van der Waals surface area contributed by atoms with Crippen LogP contribution in [0.5, 0.6) is 5.75 Å². The van der Waals surface area contributed by atoms with Crippen molar-refractivity contribution in [2.45, 2.75) is 39.1 Å². The number of anilines is 1. The molecule has 1 aliphatic heterocycles. The Morgan fingerprint density at radius 3 is 2.74 bits per heavy atom. The van der Waals surface area contributed by atoms with Gasteiger partial charge < -0.3 is 19.5 Å². The van der Waals surface area contributed by atoms with E-state index in [2.05, 4.69) is 9.97 Å². The average molecular weight is 317 g/mol. The molecule has 0 spiro atoms. The van der Waals surface area contributed by atoms with E-state index in [0.717, 1.165) is 22.3 Å². The fraction of sp³-hybridized carbons (Fsp3) is 0.529. The highest BCUT2D eigenvalue weighted by Gasteiger charge is 2.34. The number of aliphatic hydroxyl groups is 1. The van der Waals surface area contributed by atoms with Gasteiger partial charge in [0.25, 0.3) is 0 Å². The highest BCUT2D eigenvalue weighted by molar-refractivity contribution is 5.83. The standard InChI is InChI=1S/C17H23N3O3/c1-10(2)23-16-9-20(8-15(16)21)17-18-11(3)13-6-5-12(22-4)7-14(13)19-17/h5-7,10,15-16,21H,8-9H2,1-4H3/t15-,16-/m0/s1. The summed E-state index contributed by atoms with van der Waals surface area (Å²) in [4.78, 5) is 11.2. The van der Waals surface area contributed by atoms with Crippen LogP contribution in [-0.2, 0) is 4.74 Å². The molecule has 23 heavy (non-hydrogen) atoms. The first-order valence-electron chi connectivity index (χ1n) is 7.89. The third-order valence-electron chi connectivity index (χ3n) is 4.05. The molecule has 1 saturated heterocycles. The number of aliphatic hydroxyl groups excluding tert-OH is 1. The summed E-state index contributed by atoms with van der Waals surface area (Å²) in [6.45, 7) is 6.98. The number of aromatic nitrogens is 2. The van der Waals surface area contributed by atoms with Gasteiger partial charge in [0, 0.05) is 24.5 Å². The zero-order valence-corrected chi connectivity index (χ0v) is 14.0. The van der Waals surface area contributed by atoms with Crippen LogP contribution >= 0.6 is 0 Å². The number of methoxy groups -OCH3 is 1. The second-order valence-corrected chi connectivity index (χ2v) is 6.19. The maximum atomic E-state index is 10.2. The molecule has 0 saturated carbocycles. The number of rotatable bonds is 4. The number of nitrogens with zero attached hydrogens (tertiary/aromatic N) is 3. The molecule has 2 heterocycles. The van der Waals surface area contributed by atoms with E-state index in [-0.39, 0.29) is 12.2 Å². The summed E-state index contributed by atoms with van der Waals surface area (Å²) in [5.41, 5.74) is 1.75. The van der Waals surface area contributed by atoms with Gasteiger partial charge in [-0.05, 0) is 32.9 Å². The van der Waals surface area contributed by atoms with Gasteiger partial charge in [-0.2, -0.15) is 0 Å². The molecule has 1 fully saturated rings. The van der Waals surface area contributed by atoms with Crippen molar-refractivity contribution in [1.29, 1.82) is 0 Å². The summed E-state index contributed by atoms with van der Waals surface area (Å²) in [6, 6.07) is 5.78. The molecular formula is C17H23N3O3. The predicted molar refractivity (Wildman–Crippen MR) is 89.1 cm³/mol. The molecule has 1 aliphatic rings. The third-order valence-corrected chi connectivity index (χ3v) is 4.05. The van der Waals surface area contributed by atoms with Crippen LogP contribution in [0.3, 0.4) is 0 Å². The third kappa shape index (κ3) is 3.23. The van der Waals surface area contributed by atoms with Gasteiger partial charge in [-0.3, -0.25) is 0 Å². The molecule has 1 aromatic carbocycles. The zero-order chi connectivity index (χ0) is 16.6. The van der Waals surface area contributed by atoms with Gasteiger partial charge in [0.2, 0.25) is 5.95 Å². The number of hydrogen-bond donors (Lipinski definition) is 1. The Morgan fingerprint density at radius 1 is 1.26 bits per heavy atom. The highest BCUT2D eigenvalue weighted by Crippen LogP contribution is 2.26. The van der Waals surface area contributed by atoms with Crippen LogP contribution in [0.25, 0.3) is 10.9 Å². The van der Waals surface area contributed by atoms with Crippen molar-refractivity contribution in [2.75, 3.05) is 25.1 Å². The largest absolute Gasteiger partial charge is 0.497 e. The van der Waals surface area contributed by atoms with E-state index >= 15 is 0 Å². The molecule has 2 aromatic rings. The fourth-order valence-corrected chi connectivity index (χ4v) is 2.92. The SMILES string of the molecule is COc1ccc2c(C)nc(N3C[C@H](OC(C)C)[C@@H](O)C3)nc2c1. The van der Waals surface area contributed by atoms with Crippen LogP contribution in [0.4, 0.5) is 5.95 Å². The Balaban J connectivity index is 1.91. The van der Waals surface area contributed by atoms with E-state index in [1.54, 1.807) is 7.11 Å². The Labute approximate surface area is 136 Å². The van der Waals surface area contributed by atoms with Gasteiger partial charge >= 0.3 is 0 Å². The first-order valence-corrected chi connectivity index (χ1v) is 7.89. The zero-order valence-electron chi connectivity index (χ0n) is 14.0. The second kappa shape index (κ2) is 6.29. The Bertz CT molecular complexity index is 705. The van der Waals surface area contributed by atoms with Gasteiger partial charge in [0.1, 0.15) is 11.9 Å². The minimum absolute atomic E-state index is 0.0816. The van der Waals surface area contributed by atoms with Crippen molar-refractivity contribution in [1.82, 2.24) is 9.97 Å². The van der Waals surface area contributed by atoms with Crippen molar-refractivity contribution in [3.63, 3.8) is 0 Å². The first-order chi connectivity index (χ1) is 11.0. The van der Waals surface area contributed by atoms with Crippen LogP contribution in [0.1, 0.15) is 19.5 Å². The van der Waals surface area contributed by atoms with Crippen molar-refractivity contribution >= 4 is 16.9 Å². The predicted octanol–water partition coefficient (Wildman–Crippen LogP) is 1.92. The minimum atomic E-state index is -0.526. The van der Waals surface area contributed by atoms with Crippen LogP contribution in [0.15, 0.2) is 18.2 Å². The molecule has 0 amide bonds. The number of fused-ring (bicyclic) bond motifs is 1. The number of aryl methyl sites for hydroxylation is 1. The van der Waals surface area contributed by atoms with E-state index in [4.69, 9.17) is 9.47 Å². The molecular weight excluding hydrogens is 294 g/mol. The lowest BCUT2D eigenvalue weighted by molar-refractivity contribution is -0.0386. The summed E-state index contributed by atoms with van der Waals surface area (Å²) in [5, 5.41) is 11.2. The molecule has 0 bridgehead atoms. The van der Waals surface area contributed by atoms with E-state index in [9.17, 15) is 5.11 Å². The van der Waals surface area contributed by atoms with Crippen LogP contribution in [0.2, 0.25) is 0 Å². The smallest absolute Gasteiger partial charge is 0.226 e. The molecule has 3 rings (SSSR count). The number of hydrogen-bond acceptors (Lipinski definition) is 6. The van der Waals surface area contributed by atoms with Crippen LogP contribution in [0, 0.1) is 6.92 Å². The lowest BCUT2D eigenvalue weighted by Crippen LogP contribution is -2.29. The first kappa shape index (κ1) is 16.0. The van der Waals surface area contributed by atoms with Gasteiger partial charge in [0.05, 0.1) is 30.5 Å². The van der Waals surface area contributed by atoms with Gasteiger partial charge in [-0.25, -0.2) is 9.97 Å². The summed E-state index contributed by atoms with van der Waals surface area (Å²) >= 11 is 0. The topological polar surface area (TPSA) is 67.7 Å². The number of β-amino-alcohol motifs (C(OH)–C–C–N with tert-alkyl or cyclic N) is 1. The normalized spacial score (nSPS) is 21.4. The van der Waals surface area contributed by atoms with Crippen molar-refractivity contribution in [3.05, 3.63) is 23.9 Å². The minimum Gasteiger partial charge on any atom is -0.497 e. The summed E-state index contributed by atoms with van der Waals surface area (Å²) in [5.74, 6) is 1.39. The number of ether oxygens (including phenoxy) is 2. The fourth-order valence-electron chi connectivity index (χ4n) is 2.92. The molecule has 1 N–H and O–H groups in total. The van der Waals surface area contributed by atoms with Crippen molar-refractivity contribution in [2.24, 2.45) is 0 Å². The second-order valence-electron chi connectivity index (χ2n) is 6.19. The van der Waals surface area contributed by atoms with E-state index < -0.39 is 6.10 Å². The molecule has 2 atom stereocenters. The average Bonchev–Trinajstić information content (AvgIpc) is 2.87. The van der Waals surface area contributed by atoms with E-state index in [0.29, 0.717) is 19.0 Å².